The third kappa shape index (κ3) is 3.21. The van der Waals surface area contributed by atoms with E-state index in [2.05, 4.69) is 25.7 Å². The third-order valence-electron chi connectivity index (χ3n) is 4.48. The Morgan fingerprint density at radius 2 is 1.73 bits per heavy atom. The lowest BCUT2D eigenvalue weighted by atomic mass is 10.1. The van der Waals surface area contributed by atoms with Crippen LogP contribution in [-0.2, 0) is 9.53 Å². The Labute approximate surface area is 167 Å². The second kappa shape index (κ2) is 7.28. The summed E-state index contributed by atoms with van der Waals surface area (Å²) >= 11 is 0. The number of furan rings is 1. The average Bonchev–Trinajstić information content (AvgIpc) is 3.06. The van der Waals surface area contributed by atoms with Crippen LogP contribution in [0.2, 0.25) is 0 Å². The van der Waals surface area contributed by atoms with Crippen LogP contribution in [0.3, 0.4) is 0 Å². The van der Waals surface area contributed by atoms with Crippen molar-refractivity contribution in [1.29, 1.82) is 0 Å². The number of aryl methyl sites for hydroxylation is 2. The molecule has 0 saturated carbocycles. The van der Waals surface area contributed by atoms with Crippen LogP contribution < -0.4 is 16.4 Å². The van der Waals surface area contributed by atoms with Crippen molar-refractivity contribution in [3.8, 4) is 0 Å². The van der Waals surface area contributed by atoms with Gasteiger partial charge in [0.25, 0.3) is 17.0 Å². The number of hydrogen-bond acceptors (Lipinski definition) is 8. The lowest BCUT2D eigenvalue weighted by Crippen LogP contribution is -2.23. The number of fused-ring (bicyclic) bond motifs is 2. The molecular formula is C19H15N5O6. The minimum Gasteiger partial charge on any atom is -0.451 e. The molecule has 3 heterocycles. The predicted octanol–water partition coefficient (Wildman–Crippen LogP) is 1.16. The molecule has 0 unspecified atom stereocenters. The molecule has 0 saturated heterocycles. The number of aromatic nitrogens is 4. The first-order valence-corrected chi connectivity index (χ1v) is 8.79. The van der Waals surface area contributed by atoms with Crippen molar-refractivity contribution in [2.45, 2.75) is 13.8 Å². The van der Waals surface area contributed by atoms with E-state index in [1.54, 1.807) is 32.0 Å². The molecule has 11 heteroatoms. The highest BCUT2D eigenvalue weighted by molar-refractivity contribution is 6.04. The van der Waals surface area contributed by atoms with Crippen LogP contribution >= 0.6 is 0 Å². The van der Waals surface area contributed by atoms with Crippen molar-refractivity contribution in [2.75, 3.05) is 11.9 Å². The Hall–Kier alpha value is -4.28. The number of rotatable bonds is 4. The maximum atomic E-state index is 12.4. The largest absolute Gasteiger partial charge is 0.451 e. The van der Waals surface area contributed by atoms with E-state index in [1.807, 2.05) is 0 Å². The van der Waals surface area contributed by atoms with Crippen LogP contribution in [0.15, 0.2) is 38.3 Å². The smallest absolute Gasteiger partial charge is 0.359 e. The second-order valence-electron chi connectivity index (χ2n) is 6.45. The van der Waals surface area contributed by atoms with Gasteiger partial charge < -0.3 is 9.15 Å². The van der Waals surface area contributed by atoms with Crippen molar-refractivity contribution in [2.24, 2.45) is 0 Å². The molecule has 3 N–H and O–H groups in total. The van der Waals surface area contributed by atoms with Gasteiger partial charge in [0.2, 0.25) is 5.88 Å². The minimum absolute atomic E-state index is 0.0667. The number of aromatic amines is 2. The van der Waals surface area contributed by atoms with Gasteiger partial charge in [-0.25, -0.2) is 15.0 Å². The molecule has 0 atom stereocenters. The van der Waals surface area contributed by atoms with E-state index >= 15 is 0 Å². The normalized spacial score (nSPS) is 11.0. The lowest BCUT2D eigenvalue weighted by Gasteiger charge is -2.06. The number of benzene rings is 1. The Morgan fingerprint density at radius 1 is 1.03 bits per heavy atom. The fourth-order valence-corrected chi connectivity index (χ4v) is 3.16. The Kier molecular flexibility index (Phi) is 4.62. The van der Waals surface area contributed by atoms with Gasteiger partial charge in [-0.3, -0.25) is 19.7 Å². The molecule has 0 fully saturated rings. The van der Waals surface area contributed by atoms with Gasteiger partial charge in [-0.15, -0.1) is 0 Å². The summed E-state index contributed by atoms with van der Waals surface area (Å²) in [6, 6.07) is 6.38. The molecule has 4 rings (SSSR count). The Balaban J connectivity index is 1.53. The summed E-state index contributed by atoms with van der Waals surface area (Å²) in [5.74, 6) is -1.27. The molecule has 0 aliphatic carbocycles. The van der Waals surface area contributed by atoms with Crippen molar-refractivity contribution in [1.82, 2.24) is 20.4 Å². The molecule has 152 valence electrons. The van der Waals surface area contributed by atoms with E-state index in [4.69, 9.17) is 9.15 Å². The zero-order valence-corrected chi connectivity index (χ0v) is 15.9. The number of ether oxygens (including phenoxy) is 1. The molecule has 30 heavy (non-hydrogen) atoms. The van der Waals surface area contributed by atoms with Gasteiger partial charge in [0.05, 0.1) is 16.5 Å². The monoisotopic (exact) mass is 409 g/mol. The molecule has 1 amide bonds. The lowest BCUT2D eigenvalue weighted by molar-refractivity contribution is -0.119. The Bertz CT molecular complexity index is 1430. The van der Waals surface area contributed by atoms with E-state index in [1.165, 1.54) is 6.07 Å². The van der Waals surface area contributed by atoms with Crippen LogP contribution in [0.1, 0.15) is 21.9 Å². The van der Waals surface area contributed by atoms with Gasteiger partial charge in [0.15, 0.2) is 12.3 Å². The van der Waals surface area contributed by atoms with Gasteiger partial charge in [-0.05, 0) is 19.9 Å². The number of amides is 1. The summed E-state index contributed by atoms with van der Waals surface area (Å²) in [4.78, 5) is 48.5. The first-order valence-electron chi connectivity index (χ1n) is 8.79. The summed E-state index contributed by atoms with van der Waals surface area (Å²) < 4.78 is 10.5. The maximum Gasteiger partial charge on any atom is 0.359 e. The predicted molar refractivity (Wildman–Crippen MR) is 105 cm³/mol. The molecule has 0 radical (unpaired) electrons. The average molecular weight is 409 g/mol. The number of H-pyrrole nitrogens is 2. The summed E-state index contributed by atoms with van der Waals surface area (Å²) in [6.07, 6.45) is 0. The van der Waals surface area contributed by atoms with E-state index < -0.39 is 29.6 Å². The van der Waals surface area contributed by atoms with Gasteiger partial charge in [0.1, 0.15) is 11.1 Å². The molecule has 0 aliphatic heterocycles. The number of hydrogen-bond donors (Lipinski definition) is 3. The number of nitrogens with one attached hydrogen (secondary N) is 3. The van der Waals surface area contributed by atoms with Crippen molar-refractivity contribution in [3.63, 3.8) is 0 Å². The highest BCUT2D eigenvalue weighted by atomic mass is 16.5. The zero-order chi connectivity index (χ0) is 21.4. The second-order valence-corrected chi connectivity index (χ2v) is 6.45. The van der Waals surface area contributed by atoms with Crippen LogP contribution in [0.25, 0.3) is 21.5 Å². The van der Waals surface area contributed by atoms with Crippen molar-refractivity contribution < 1.29 is 18.7 Å². The number of nitrogens with zero attached hydrogens (tertiary/aromatic N) is 2. The third-order valence-corrected chi connectivity index (χ3v) is 4.48. The molecule has 0 bridgehead atoms. The number of esters is 1. The molecule has 11 nitrogen and oxygen atoms in total. The molecule has 4 aromatic rings. The zero-order valence-electron chi connectivity index (χ0n) is 15.9. The maximum absolute atomic E-state index is 12.4. The number of anilines is 1. The van der Waals surface area contributed by atoms with Crippen molar-refractivity contribution >= 4 is 39.3 Å². The number of carbonyl (C=O) groups is 2. The summed E-state index contributed by atoms with van der Waals surface area (Å²) in [5, 5.41) is 15.8. The highest BCUT2D eigenvalue weighted by Gasteiger charge is 2.20. The summed E-state index contributed by atoms with van der Waals surface area (Å²) in [7, 11) is 0. The quantitative estimate of drug-likeness (QED) is 0.423. The van der Waals surface area contributed by atoms with E-state index in [9.17, 15) is 19.2 Å². The van der Waals surface area contributed by atoms with E-state index in [0.29, 0.717) is 22.2 Å². The van der Waals surface area contributed by atoms with Crippen LogP contribution in [0, 0.1) is 13.8 Å². The van der Waals surface area contributed by atoms with Crippen molar-refractivity contribution in [3.05, 3.63) is 62.1 Å². The van der Waals surface area contributed by atoms with Gasteiger partial charge in [0, 0.05) is 5.39 Å². The van der Waals surface area contributed by atoms with E-state index in [-0.39, 0.29) is 22.4 Å². The summed E-state index contributed by atoms with van der Waals surface area (Å²) in [6.45, 7) is 2.67. The molecule has 1 aromatic carbocycles. The highest BCUT2D eigenvalue weighted by Crippen LogP contribution is 2.28. The van der Waals surface area contributed by atoms with Crippen LogP contribution in [-0.4, -0.2) is 38.9 Å². The molecule has 3 aromatic heterocycles. The van der Waals surface area contributed by atoms with E-state index in [0.717, 1.165) is 0 Å². The first kappa shape index (κ1) is 19.1. The number of carbonyl (C=O) groups excluding carboxylic acids is 2. The molecule has 0 aliphatic rings. The summed E-state index contributed by atoms with van der Waals surface area (Å²) in [5.41, 5.74) is -0.567. The standard InChI is InChI=1S/C19H15N5O6/c1-8-13-9(2)30-18(14(13)17(27)24-21-8)20-12(25)7-29-19(28)15-10-5-3-4-6-11(10)16(26)23-22-15/h3-6H,7H2,1-2H3,(H,20,25)(H,23,26)(H,24,27). The molecule has 0 spiro atoms. The molecular weight excluding hydrogens is 394 g/mol. The SMILES string of the molecule is Cc1n[nH]c(=O)c2c(NC(=O)COC(=O)c3n[nH]c(=O)c4ccccc34)oc(C)c12. The fraction of sp³-hybridized carbons (Fsp3) is 0.158. The van der Waals surface area contributed by atoms with Gasteiger partial charge >= 0.3 is 5.97 Å². The van der Waals surface area contributed by atoms with Crippen LogP contribution in [0.5, 0.6) is 0 Å². The van der Waals surface area contributed by atoms with Gasteiger partial charge in [-0.2, -0.15) is 10.2 Å². The van der Waals surface area contributed by atoms with Crippen LogP contribution in [0.4, 0.5) is 5.88 Å². The fourth-order valence-electron chi connectivity index (χ4n) is 3.16. The van der Waals surface area contributed by atoms with Gasteiger partial charge in [-0.1, -0.05) is 18.2 Å². The topological polar surface area (TPSA) is 160 Å². The first-order chi connectivity index (χ1) is 14.4. The minimum atomic E-state index is -0.893. The Morgan fingerprint density at radius 3 is 2.50 bits per heavy atom.